The molecule has 0 fully saturated rings. The van der Waals surface area contributed by atoms with Crippen molar-refractivity contribution >= 4 is 21.4 Å². The van der Waals surface area contributed by atoms with Crippen molar-refractivity contribution in [3.63, 3.8) is 0 Å². The summed E-state index contributed by atoms with van der Waals surface area (Å²) in [7, 11) is -4.04. The van der Waals surface area contributed by atoms with Gasteiger partial charge in [-0.3, -0.25) is 4.79 Å². The van der Waals surface area contributed by atoms with Crippen LogP contribution in [0.15, 0.2) is 58.3 Å². The van der Waals surface area contributed by atoms with Gasteiger partial charge in [-0.25, -0.2) is 12.8 Å². The van der Waals surface area contributed by atoms with E-state index in [2.05, 4.69) is 0 Å². The minimum Gasteiger partial charge on any atom is -0.373 e. The summed E-state index contributed by atoms with van der Waals surface area (Å²) in [6.07, 6.45) is -5.27. The Labute approximate surface area is 146 Å². The summed E-state index contributed by atoms with van der Waals surface area (Å²) in [5, 5.41) is 10.8. The second kappa shape index (κ2) is 6.69. The minimum absolute atomic E-state index is 0.101. The Hall–Kier alpha value is -2.46. The van der Waals surface area contributed by atoms with Gasteiger partial charge < -0.3 is 10.4 Å². The van der Waals surface area contributed by atoms with Gasteiger partial charge in [0.05, 0.1) is 15.5 Å². The Morgan fingerprint density at radius 3 is 2.12 bits per heavy atom. The predicted octanol–water partition coefficient (Wildman–Crippen LogP) is 2.91. The average Bonchev–Trinajstić information content (AvgIpc) is 2.56. The number of carbonyl (C=O) groups excluding carboxylic acids is 1. The normalized spacial score (nSPS) is 14.5. The van der Waals surface area contributed by atoms with E-state index in [-0.39, 0.29) is 11.8 Å². The van der Waals surface area contributed by atoms with Crippen molar-refractivity contribution < 1.29 is 35.9 Å². The molecule has 0 spiro atoms. The van der Waals surface area contributed by atoms with Crippen LogP contribution >= 0.6 is 0 Å². The lowest BCUT2D eigenvalue weighted by Gasteiger charge is -2.25. The summed E-state index contributed by atoms with van der Waals surface area (Å²) in [4.78, 5) is 11.0. The molecule has 0 bridgehead atoms. The fourth-order valence-corrected chi connectivity index (χ4v) is 3.17. The second-order valence-corrected chi connectivity index (χ2v) is 7.43. The van der Waals surface area contributed by atoms with Gasteiger partial charge in [-0.1, -0.05) is 18.2 Å². The third-order valence-electron chi connectivity index (χ3n) is 3.55. The van der Waals surface area contributed by atoms with Crippen LogP contribution in [0, 0.1) is 5.82 Å². The molecule has 2 rings (SSSR count). The van der Waals surface area contributed by atoms with Crippen molar-refractivity contribution in [1.29, 1.82) is 0 Å². The van der Waals surface area contributed by atoms with Crippen molar-refractivity contribution in [2.45, 2.75) is 28.5 Å². The van der Waals surface area contributed by atoms with E-state index in [4.69, 9.17) is 0 Å². The molecule has 2 N–H and O–H groups in total. The van der Waals surface area contributed by atoms with Gasteiger partial charge in [-0.05, 0) is 37.3 Å². The van der Waals surface area contributed by atoms with Crippen LogP contribution in [0.25, 0.3) is 0 Å². The monoisotopic (exact) mass is 391 g/mol. The zero-order valence-corrected chi connectivity index (χ0v) is 14.0. The maximum absolute atomic E-state index is 14.1. The molecule has 0 aliphatic heterocycles. The lowest BCUT2D eigenvalue weighted by molar-refractivity contribution is -0.242. The lowest BCUT2D eigenvalue weighted by atomic mass is 10.1. The third-order valence-corrected chi connectivity index (χ3v) is 5.31. The lowest BCUT2D eigenvalue weighted by Crippen LogP contribution is -2.52. The van der Waals surface area contributed by atoms with Crippen LogP contribution in [0.1, 0.15) is 6.92 Å². The average molecular weight is 391 g/mol. The molecule has 1 amide bonds. The number of benzene rings is 2. The van der Waals surface area contributed by atoms with Crippen LogP contribution in [0.5, 0.6) is 0 Å². The molecule has 5 nitrogen and oxygen atoms in total. The topological polar surface area (TPSA) is 83.5 Å². The number of halogens is 4. The zero-order valence-electron chi connectivity index (χ0n) is 13.2. The molecule has 0 aromatic heterocycles. The molecule has 0 saturated heterocycles. The SMILES string of the molecule is C[C@@](O)(C(=O)Nc1ccc(S(=O)(=O)c2ccccc2)cc1F)C(F)(F)F. The molecular weight excluding hydrogens is 378 g/mol. The van der Waals surface area contributed by atoms with Crippen molar-refractivity contribution in [3.05, 3.63) is 54.3 Å². The Bertz CT molecular complexity index is 925. The van der Waals surface area contributed by atoms with Gasteiger partial charge in [0, 0.05) is 0 Å². The van der Waals surface area contributed by atoms with Gasteiger partial charge in [-0.15, -0.1) is 0 Å². The summed E-state index contributed by atoms with van der Waals surface area (Å²) in [5.41, 5.74) is -4.44. The van der Waals surface area contributed by atoms with Crippen LogP contribution in [-0.2, 0) is 14.6 Å². The van der Waals surface area contributed by atoms with E-state index in [1.807, 2.05) is 0 Å². The van der Waals surface area contributed by atoms with Crippen LogP contribution in [-0.4, -0.2) is 31.2 Å². The zero-order chi connectivity index (χ0) is 19.8. The summed E-state index contributed by atoms with van der Waals surface area (Å²) in [6, 6.07) is 9.42. The molecule has 1 atom stereocenters. The van der Waals surface area contributed by atoms with Gasteiger partial charge in [0.2, 0.25) is 15.4 Å². The molecule has 0 aliphatic rings. The molecule has 10 heteroatoms. The number of hydrogen-bond acceptors (Lipinski definition) is 4. The van der Waals surface area contributed by atoms with Crippen molar-refractivity contribution in [1.82, 2.24) is 0 Å². The number of aliphatic hydroxyl groups is 1. The number of anilines is 1. The van der Waals surface area contributed by atoms with Crippen LogP contribution in [0.4, 0.5) is 23.2 Å². The first-order valence-electron chi connectivity index (χ1n) is 7.07. The summed E-state index contributed by atoms with van der Waals surface area (Å²) >= 11 is 0. The van der Waals surface area contributed by atoms with Crippen molar-refractivity contribution in [2.24, 2.45) is 0 Å². The second-order valence-electron chi connectivity index (χ2n) is 5.48. The first-order chi connectivity index (χ1) is 11.9. The Morgan fingerprint density at radius 2 is 1.62 bits per heavy atom. The summed E-state index contributed by atoms with van der Waals surface area (Å²) < 4.78 is 76.7. The van der Waals surface area contributed by atoms with Gasteiger partial charge in [0.1, 0.15) is 5.82 Å². The quantitative estimate of drug-likeness (QED) is 0.785. The number of rotatable bonds is 4. The Morgan fingerprint density at radius 1 is 1.04 bits per heavy atom. The predicted molar refractivity (Wildman–Crippen MR) is 83.6 cm³/mol. The molecule has 26 heavy (non-hydrogen) atoms. The molecular formula is C16H13F4NO4S. The molecule has 0 radical (unpaired) electrons. The largest absolute Gasteiger partial charge is 0.426 e. The van der Waals surface area contributed by atoms with Gasteiger partial charge >= 0.3 is 6.18 Å². The highest BCUT2D eigenvalue weighted by molar-refractivity contribution is 7.91. The maximum atomic E-state index is 14.1. The van der Waals surface area contributed by atoms with E-state index in [1.165, 1.54) is 24.3 Å². The number of alkyl halides is 3. The van der Waals surface area contributed by atoms with Gasteiger partial charge in [0.15, 0.2) is 0 Å². The third kappa shape index (κ3) is 3.70. The van der Waals surface area contributed by atoms with Gasteiger partial charge in [-0.2, -0.15) is 13.2 Å². The number of hydrogen-bond donors (Lipinski definition) is 2. The Balaban J connectivity index is 2.33. The van der Waals surface area contributed by atoms with E-state index < -0.39 is 43.9 Å². The van der Waals surface area contributed by atoms with Crippen molar-refractivity contribution in [2.75, 3.05) is 5.32 Å². The first kappa shape index (κ1) is 19.9. The first-order valence-corrected chi connectivity index (χ1v) is 8.56. The maximum Gasteiger partial charge on any atom is 0.426 e. The minimum atomic E-state index is -5.27. The number of sulfone groups is 1. The molecule has 0 saturated carbocycles. The smallest absolute Gasteiger partial charge is 0.373 e. The summed E-state index contributed by atoms with van der Waals surface area (Å²) in [6.45, 7) is 0.217. The van der Waals surface area contributed by atoms with E-state index in [0.29, 0.717) is 6.07 Å². The highest BCUT2D eigenvalue weighted by atomic mass is 32.2. The fraction of sp³-hybridized carbons (Fsp3) is 0.188. The molecule has 0 unspecified atom stereocenters. The fourth-order valence-electron chi connectivity index (χ4n) is 1.87. The molecule has 0 heterocycles. The molecule has 2 aromatic carbocycles. The molecule has 2 aromatic rings. The van der Waals surface area contributed by atoms with Crippen LogP contribution in [0.2, 0.25) is 0 Å². The highest BCUT2D eigenvalue weighted by Gasteiger charge is 2.55. The van der Waals surface area contributed by atoms with Crippen molar-refractivity contribution in [3.8, 4) is 0 Å². The van der Waals surface area contributed by atoms with Gasteiger partial charge in [0.25, 0.3) is 5.91 Å². The highest BCUT2D eigenvalue weighted by Crippen LogP contribution is 2.32. The standard InChI is InChI=1S/C16H13F4NO4S/c1-15(23,16(18,19)20)14(22)21-13-8-7-11(9-12(13)17)26(24,25)10-5-3-2-4-6-10/h2-9,23H,1H3,(H,21,22)/t15-/m1/s1. The Kier molecular flexibility index (Phi) is 5.11. The molecule has 140 valence electrons. The number of nitrogens with one attached hydrogen (secondary N) is 1. The number of amides is 1. The van der Waals surface area contributed by atoms with E-state index in [0.717, 1.165) is 12.1 Å². The van der Waals surface area contributed by atoms with E-state index >= 15 is 0 Å². The number of carbonyl (C=O) groups is 1. The van der Waals surface area contributed by atoms with E-state index in [1.54, 1.807) is 11.4 Å². The summed E-state index contributed by atoms with van der Waals surface area (Å²) in [5.74, 6) is -3.17. The molecule has 0 aliphatic carbocycles. The van der Waals surface area contributed by atoms with Crippen LogP contribution < -0.4 is 5.32 Å². The van der Waals surface area contributed by atoms with E-state index in [9.17, 15) is 35.9 Å². The van der Waals surface area contributed by atoms with Crippen LogP contribution in [0.3, 0.4) is 0 Å².